The fraction of sp³-hybridized carbons (Fsp3) is 0.167. The number of nitrogens with two attached hydrogens (primary N) is 1. The number of halogens is 4. The van der Waals surface area contributed by atoms with Gasteiger partial charge in [0.2, 0.25) is 5.75 Å². The molecule has 0 radical (unpaired) electrons. The largest absolute Gasteiger partial charge is 0.574 e. The molecule has 0 aliphatic carbocycles. The Bertz CT molecular complexity index is 545. The number of hydrogen-bond acceptors (Lipinski definition) is 6. The summed E-state index contributed by atoms with van der Waals surface area (Å²) in [5.74, 6) is -2.52. The molecule has 1 aromatic heterocycles. The Morgan fingerprint density at radius 3 is 2.41 bits per heavy atom. The van der Waals surface area contributed by atoms with Gasteiger partial charge in [0.1, 0.15) is 0 Å². The van der Waals surface area contributed by atoms with Crippen LogP contribution < -0.4 is 10.5 Å². The van der Waals surface area contributed by atoms with Crippen molar-refractivity contribution in [1.82, 2.24) is 4.98 Å². The van der Waals surface area contributed by atoms with Crippen LogP contribution in [0.1, 0.15) is 0 Å². The molecule has 0 saturated heterocycles. The highest BCUT2D eigenvalue weighted by Crippen LogP contribution is 2.35. The number of alkyl halides is 3. The maximum atomic E-state index is 11.9. The monoisotopic (exact) mass is 292 g/mol. The number of aromatic nitrogens is 1. The Morgan fingerprint density at radius 2 is 2.00 bits per heavy atom. The first kappa shape index (κ1) is 13.6. The summed E-state index contributed by atoms with van der Waals surface area (Å²) in [7, 11) is 0.464. The normalized spacial score (nSPS) is 12.5. The molecule has 3 N–H and O–H groups in total. The van der Waals surface area contributed by atoms with E-state index in [9.17, 15) is 21.6 Å². The third-order valence-corrected chi connectivity index (χ3v) is 2.61. The molecular weight excluding hydrogens is 289 g/mol. The van der Waals surface area contributed by atoms with E-state index >= 15 is 0 Å². The fourth-order valence-corrected chi connectivity index (χ4v) is 1.51. The quantitative estimate of drug-likeness (QED) is 0.794. The van der Waals surface area contributed by atoms with Gasteiger partial charge in [-0.3, -0.25) is 0 Å². The van der Waals surface area contributed by atoms with Crippen LogP contribution >= 0.6 is 10.7 Å². The molecule has 0 aliphatic rings. The molecule has 1 rings (SSSR count). The molecule has 0 amide bonds. The van der Waals surface area contributed by atoms with Gasteiger partial charge in [-0.05, 0) is 0 Å². The van der Waals surface area contributed by atoms with E-state index in [2.05, 4.69) is 9.72 Å². The van der Waals surface area contributed by atoms with Gasteiger partial charge >= 0.3 is 6.36 Å². The van der Waals surface area contributed by atoms with Crippen LogP contribution in [-0.2, 0) is 9.05 Å². The molecule has 0 atom stereocenters. The minimum Gasteiger partial charge on any atom is -0.502 e. The summed E-state index contributed by atoms with van der Waals surface area (Å²) in [6.07, 6.45) is -5.16. The van der Waals surface area contributed by atoms with Crippen molar-refractivity contribution in [2.24, 2.45) is 0 Å². The number of hydrogen-bond donors (Lipinski definition) is 2. The van der Waals surface area contributed by atoms with E-state index in [1.165, 1.54) is 0 Å². The summed E-state index contributed by atoms with van der Waals surface area (Å²) in [5, 5.41) is 8.14. The van der Waals surface area contributed by atoms with Gasteiger partial charge < -0.3 is 15.6 Å². The van der Waals surface area contributed by atoms with Gasteiger partial charge in [0.25, 0.3) is 14.9 Å². The second-order valence-electron chi connectivity index (χ2n) is 2.69. The van der Waals surface area contributed by atoms with E-state index in [1.807, 2.05) is 0 Å². The van der Waals surface area contributed by atoms with Crippen molar-refractivity contribution in [2.75, 3.05) is 5.73 Å². The zero-order chi connectivity index (χ0) is 13.4. The second kappa shape index (κ2) is 4.11. The number of ether oxygens (including phenoxy) is 1. The Kier molecular flexibility index (Phi) is 3.30. The van der Waals surface area contributed by atoms with Gasteiger partial charge in [0.05, 0.1) is 5.69 Å². The topological polar surface area (TPSA) is 103 Å². The number of nitrogens with zero attached hydrogens (tertiary/aromatic N) is 1. The van der Waals surface area contributed by atoms with E-state index < -0.39 is 37.8 Å². The summed E-state index contributed by atoms with van der Waals surface area (Å²) in [5.41, 5.74) is 4.41. The maximum Gasteiger partial charge on any atom is 0.574 e. The van der Waals surface area contributed by atoms with Crippen LogP contribution in [0.4, 0.5) is 18.9 Å². The van der Waals surface area contributed by atoms with E-state index in [-0.39, 0.29) is 0 Å². The van der Waals surface area contributed by atoms with Crippen LogP contribution in [0.5, 0.6) is 11.6 Å². The predicted molar refractivity (Wildman–Crippen MR) is 50.0 cm³/mol. The lowest BCUT2D eigenvalue weighted by molar-refractivity contribution is -0.276. The molecule has 0 fully saturated rings. The third kappa shape index (κ3) is 3.53. The van der Waals surface area contributed by atoms with E-state index in [4.69, 9.17) is 21.5 Å². The molecule has 0 unspecified atom stereocenters. The molecular formula is C6H4ClF3N2O4S. The second-order valence-corrected chi connectivity index (χ2v) is 5.20. The summed E-state index contributed by atoms with van der Waals surface area (Å²) in [6.45, 7) is 0. The minimum absolute atomic E-state index is 0.598. The molecule has 0 spiro atoms. The van der Waals surface area contributed by atoms with Gasteiger partial charge in [-0.25, -0.2) is 8.42 Å². The standard InChI is InChI=1S/C6H4ClF3N2O4S/c7-17(14,15)3-1-2(11)4(13)5(12-3)16-6(8,9)10/h1,13H,(H2,11,12). The Hall–Kier alpha value is -1.42. The fourth-order valence-electron chi connectivity index (χ4n) is 0.816. The summed E-state index contributed by atoms with van der Waals surface area (Å²) < 4.78 is 60.6. The van der Waals surface area contributed by atoms with E-state index in [0.717, 1.165) is 0 Å². The molecule has 96 valence electrons. The molecule has 0 aromatic carbocycles. The van der Waals surface area contributed by atoms with Crippen molar-refractivity contribution in [1.29, 1.82) is 0 Å². The van der Waals surface area contributed by atoms with Crippen LogP contribution in [0.15, 0.2) is 11.1 Å². The zero-order valence-electron chi connectivity index (χ0n) is 7.69. The van der Waals surface area contributed by atoms with E-state index in [1.54, 1.807) is 0 Å². The molecule has 11 heteroatoms. The minimum atomic E-state index is -5.16. The van der Waals surface area contributed by atoms with Crippen LogP contribution in [0.3, 0.4) is 0 Å². The van der Waals surface area contributed by atoms with Crippen molar-refractivity contribution in [3.8, 4) is 11.6 Å². The number of aromatic hydroxyl groups is 1. The summed E-state index contributed by atoms with van der Waals surface area (Å²) in [4.78, 5) is 2.90. The number of anilines is 1. The van der Waals surface area contributed by atoms with Crippen LogP contribution in [-0.4, -0.2) is 24.9 Å². The highest BCUT2D eigenvalue weighted by atomic mass is 35.7. The van der Waals surface area contributed by atoms with Gasteiger partial charge in [-0.15, -0.1) is 13.2 Å². The van der Waals surface area contributed by atoms with Crippen molar-refractivity contribution < 1.29 is 31.4 Å². The van der Waals surface area contributed by atoms with Crippen molar-refractivity contribution in [3.05, 3.63) is 6.07 Å². The van der Waals surface area contributed by atoms with Crippen LogP contribution in [0, 0.1) is 0 Å². The van der Waals surface area contributed by atoms with Gasteiger partial charge in [-0.1, -0.05) is 0 Å². The molecule has 1 heterocycles. The summed E-state index contributed by atoms with van der Waals surface area (Å²) in [6, 6.07) is 0.598. The lowest BCUT2D eigenvalue weighted by atomic mass is 10.4. The lowest BCUT2D eigenvalue weighted by Crippen LogP contribution is -2.18. The zero-order valence-corrected chi connectivity index (χ0v) is 9.27. The van der Waals surface area contributed by atoms with Gasteiger partial charge in [-0.2, -0.15) is 4.98 Å². The first-order valence-corrected chi connectivity index (χ1v) is 6.01. The van der Waals surface area contributed by atoms with Gasteiger partial charge in [0.15, 0.2) is 5.03 Å². The third-order valence-electron chi connectivity index (χ3n) is 1.43. The van der Waals surface area contributed by atoms with Crippen LogP contribution in [0.2, 0.25) is 0 Å². The highest BCUT2D eigenvalue weighted by Gasteiger charge is 2.34. The lowest BCUT2D eigenvalue weighted by Gasteiger charge is -2.11. The SMILES string of the molecule is Nc1cc(S(=O)(=O)Cl)nc(OC(F)(F)F)c1O. The van der Waals surface area contributed by atoms with Crippen LogP contribution in [0.25, 0.3) is 0 Å². The number of pyridine rings is 1. The van der Waals surface area contributed by atoms with Crippen molar-refractivity contribution >= 4 is 25.4 Å². The predicted octanol–water partition coefficient (Wildman–Crippen LogP) is 1.20. The first-order valence-electron chi connectivity index (χ1n) is 3.70. The number of nitrogen functional groups attached to an aromatic ring is 1. The Balaban J connectivity index is 3.36. The molecule has 0 aliphatic heterocycles. The molecule has 17 heavy (non-hydrogen) atoms. The number of rotatable bonds is 2. The van der Waals surface area contributed by atoms with E-state index in [0.29, 0.717) is 6.07 Å². The molecule has 6 nitrogen and oxygen atoms in total. The van der Waals surface area contributed by atoms with Crippen molar-refractivity contribution in [3.63, 3.8) is 0 Å². The Morgan fingerprint density at radius 1 is 1.47 bits per heavy atom. The maximum absolute atomic E-state index is 11.9. The van der Waals surface area contributed by atoms with Gasteiger partial charge in [0, 0.05) is 16.7 Å². The molecule has 0 bridgehead atoms. The summed E-state index contributed by atoms with van der Waals surface area (Å²) >= 11 is 0. The first-order chi connectivity index (χ1) is 7.50. The highest BCUT2D eigenvalue weighted by molar-refractivity contribution is 8.13. The smallest absolute Gasteiger partial charge is 0.502 e. The average Bonchev–Trinajstić information content (AvgIpc) is 2.08. The average molecular weight is 293 g/mol. The van der Waals surface area contributed by atoms with Crippen molar-refractivity contribution in [2.45, 2.75) is 11.4 Å². The molecule has 1 aromatic rings. The molecule has 0 saturated carbocycles. The Labute approximate surface area is 97.2 Å².